The first-order chi connectivity index (χ1) is 9.81. The van der Waals surface area contributed by atoms with Crippen LogP contribution in [0.3, 0.4) is 0 Å². The van der Waals surface area contributed by atoms with Crippen LogP contribution in [0.5, 0.6) is 0 Å². The van der Waals surface area contributed by atoms with Gasteiger partial charge in [0, 0.05) is 17.3 Å². The van der Waals surface area contributed by atoms with Crippen molar-refractivity contribution >= 4 is 22.6 Å². The molecule has 0 saturated carbocycles. The van der Waals surface area contributed by atoms with Crippen LogP contribution in [0.15, 0.2) is 30.5 Å². The molecule has 1 saturated heterocycles. The lowest BCUT2D eigenvalue weighted by atomic mass is 10.0. The van der Waals surface area contributed by atoms with Crippen LogP contribution in [0.4, 0.5) is 5.82 Å². The summed E-state index contributed by atoms with van der Waals surface area (Å²) in [7, 11) is 1.43. The summed E-state index contributed by atoms with van der Waals surface area (Å²) in [6.45, 7) is 0.808. The highest BCUT2D eigenvalue weighted by Crippen LogP contribution is 2.29. The van der Waals surface area contributed by atoms with Crippen molar-refractivity contribution in [1.82, 2.24) is 10.2 Å². The Kier molecular flexibility index (Phi) is 3.50. The number of carbonyl (C=O) groups is 1. The van der Waals surface area contributed by atoms with Crippen molar-refractivity contribution < 1.29 is 9.53 Å². The van der Waals surface area contributed by atoms with Crippen molar-refractivity contribution in [3.8, 4) is 0 Å². The van der Waals surface area contributed by atoms with Gasteiger partial charge in [-0.1, -0.05) is 24.3 Å². The molecule has 20 heavy (non-hydrogen) atoms. The number of anilines is 1. The van der Waals surface area contributed by atoms with Crippen LogP contribution >= 0.6 is 0 Å². The van der Waals surface area contributed by atoms with Crippen LogP contribution in [-0.4, -0.2) is 35.9 Å². The lowest BCUT2D eigenvalue weighted by Crippen LogP contribution is -2.46. The van der Waals surface area contributed by atoms with Gasteiger partial charge >= 0.3 is 5.97 Å². The van der Waals surface area contributed by atoms with E-state index in [4.69, 9.17) is 4.74 Å². The fourth-order valence-corrected chi connectivity index (χ4v) is 2.79. The van der Waals surface area contributed by atoms with Gasteiger partial charge in [0.05, 0.1) is 13.3 Å². The molecule has 1 aromatic carbocycles. The molecule has 5 nitrogen and oxygen atoms in total. The summed E-state index contributed by atoms with van der Waals surface area (Å²) in [6.07, 6.45) is 4.64. The second-order valence-electron chi connectivity index (χ2n) is 4.98. The first kappa shape index (κ1) is 12.8. The molecule has 1 atom stereocenters. The topological polar surface area (TPSA) is 55.3 Å². The summed E-state index contributed by atoms with van der Waals surface area (Å²) in [4.78, 5) is 14.0. The van der Waals surface area contributed by atoms with Crippen LogP contribution in [0.1, 0.15) is 19.3 Å². The Morgan fingerprint density at radius 2 is 2.20 bits per heavy atom. The number of ether oxygens (including phenoxy) is 1. The van der Waals surface area contributed by atoms with E-state index in [1.807, 2.05) is 29.2 Å². The number of nitrogens with zero attached hydrogens (tertiary/aromatic N) is 3. The molecule has 0 bridgehead atoms. The van der Waals surface area contributed by atoms with E-state index in [1.54, 1.807) is 6.20 Å². The van der Waals surface area contributed by atoms with Crippen molar-refractivity contribution in [2.24, 2.45) is 0 Å². The van der Waals surface area contributed by atoms with Gasteiger partial charge in [-0.2, -0.15) is 5.10 Å². The van der Waals surface area contributed by atoms with Gasteiger partial charge in [0.25, 0.3) is 0 Å². The summed E-state index contributed by atoms with van der Waals surface area (Å²) >= 11 is 0. The van der Waals surface area contributed by atoms with E-state index in [2.05, 4.69) is 10.2 Å². The number of aromatic nitrogens is 2. The Morgan fingerprint density at radius 1 is 1.35 bits per heavy atom. The molecule has 0 N–H and O–H groups in total. The highest BCUT2D eigenvalue weighted by Gasteiger charge is 2.31. The molecule has 1 aliphatic heterocycles. The van der Waals surface area contributed by atoms with E-state index in [9.17, 15) is 4.79 Å². The molecule has 104 valence electrons. The normalized spacial score (nSPS) is 19.1. The van der Waals surface area contributed by atoms with Crippen molar-refractivity contribution in [2.45, 2.75) is 25.3 Å². The predicted octanol–water partition coefficient (Wildman–Crippen LogP) is 2.16. The predicted molar refractivity (Wildman–Crippen MR) is 76.5 cm³/mol. The summed E-state index contributed by atoms with van der Waals surface area (Å²) in [5.74, 6) is 0.581. The maximum absolute atomic E-state index is 12.0. The van der Waals surface area contributed by atoms with Gasteiger partial charge in [-0.3, -0.25) is 0 Å². The van der Waals surface area contributed by atoms with Crippen molar-refractivity contribution in [2.75, 3.05) is 18.6 Å². The van der Waals surface area contributed by atoms with Crippen LogP contribution in [0.25, 0.3) is 10.8 Å². The van der Waals surface area contributed by atoms with E-state index in [0.717, 1.165) is 42.4 Å². The number of hydrogen-bond acceptors (Lipinski definition) is 5. The van der Waals surface area contributed by atoms with E-state index >= 15 is 0 Å². The second kappa shape index (κ2) is 5.45. The van der Waals surface area contributed by atoms with Crippen LogP contribution in [0, 0.1) is 0 Å². The van der Waals surface area contributed by atoms with Crippen LogP contribution in [-0.2, 0) is 9.53 Å². The smallest absolute Gasteiger partial charge is 0.328 e. The molecule has 2 aromatic rings. The van der Waals surface area contributed by atoms with Crippen molar-refractivity contribution in [3.63, 3.8) is 0 Å². The fourth-order valence-electron chi connectivity index (χ4n) is 2.79. The quantitative estimate of drug-likeness (QED) is 0.783. The minimum Gasteiger partial charge on any atom is -0.467 e. The number of benzene rings is 1. The van der Waals surface area contributed by atoms with Gasteiger partial charge in [-0.25, -0.2) is 4.79 Å². The Balaban J connectivity index is 2.06. The zero-order valence-corrected chi connectivity index (χ0v) is 11.5. The van der Waals surface area contributed by atoms with Crippen LogP contribution in [0.2, 0.25) is 0 Å². The van der Waals surface area contributed by atoms with Crippen molar-refractivity contribution in [1.29, 1.82) is 0 Å². The maximum atomic E-state index is 12.0. The molecular weight excluding hydrogens is 254 g/mol. The number of rotatable bonds is 2. The minimum atomic E-state index is -0.256. The van der Waals surface area contributed by atoms with Gasteiger partial charge < -0.3 is 9.64 Å². The number of piperidine rings is 1. The molecule has 0 radical (unpaired) electrons. The molecule has 1 aromatic heterocycles. The molecule has 5 heteroatoms. The molecule has 1 fully saturated rings. The number of methoxy groups -OCH3 is 1. The zero-order valence-electron chi connectivity index (χ0n) is 11.5. The molecule has 2 heterocycles. The Bertz CT molecular complexity index is 624. The monoisotopic (exact) mass is 271 g/mol. The first-order valence-corrected chi connectivity index (χ1v) is 6.86. The minimum absolute atomic E-state index is 0.195. The highest BCUT2D eigenvalue weighted by atomic mass is 16.5. The number of hydrogen-bond donors (Lipinski definition) is 0. The Morgan fingerprint density at radius 3 is 3.05 bits per heavy atom. The molecule has 0 spiro atoms. The average Bonchev–Trinajstić information content (AvgIpc) is 2.53. The average molecular weight is 271 g/mol. The summed E-state index contributed by atoms with van der Waals surface area (Å²) in [5.41, 5.74) is 0. The summed E-state index contributed by atoms with van der Waals surface area (Å²) in [6, 6.07) is 7.72. The van der Waals surface area contributed by atoms with E-state index in [1.165, 1.54) is 7.11 Å². The zero-order chi connectivity index (χ0) is 13.9. The van der Waals surface area contributed by atoms with Crippen molar-refractivity contribution in [3.05, 3.63) is 30.5 Å². The third-order valence-electron chi connectivity index (χ3n) is 3.80. The molecular formula is C15H17N3O2. The summed E-state index contributed by atoms with van der Waals surface area (Å²) in [5, 5.41) is 10.4. The van der Waals surface area contributed by atoms with Gasteiger partial charge in [0.1, 0.15) is 6.04 Å². The van der Waals surface area contributed by atoms with Gasteiger partial charge in [0.15, 0.2) is 5.82 Å². The van der Waals surface area contributed by atoms with Gasteiger partial charge in [-0.05, 0) is 19.3 Å². The second-order valence-corrected chi connectivity index (χ2v) is 4.98. The lowest BCUT2D eigenvalue weighted by molar-refractivity contribution is -0.142. The Hall–Kier alpha value is -2.17. The SMILES string of the molecule is COC(=O)C1CCCCN1c1nncc2ccccc12. The third kappa shape index (κ3) is 2.19. The molecule has 1 aliphatic rings. The number of carbonyl (C=O) groups excluding carboxylic acids is 1. The molecule has 0 amide bonds. The largest absolute Gasteiger partial charge is 0.467 e. The van der Waals surface area contributed by atoms with Crippen LogP contribution < -0.4 is 4.90 Å². The molecule has 3 rings (SSSR count). The summed E-state index contributed by atoms with van der Waals surface area (Å²) < 4.78 is 4.92. The van der Waals surface area contributed by atoms with E-state index in [0.29, 0.717) is 0 Å². The fraction of sp³-hybridized carbons (Fsp3) is 0.400. The Labute approximate surface area is 117 Å². The van der Waals surface area contributed by atoms with Gasteiger partial charge in [-0.15, -0.1) is 5.10 Å². The highest BCUT2D eigenvalue weighted by molar-refractivity contribution is 5.93. The first-order valence-electron chi connectivity index (χ1n) is 6.86. The molecule has 0 aliphatic carbocycles. The molecule has 1 unspecified atom stereocenters. The maximum Gasteiger partial charge on any atom is 0.328 e. The van der Waals surface area contributed by atoms with Gasteiger partial charge in [0.2, 0.25) is 0 Å². The third-order valence-corrected chi connectivity index (χ3v) is 3.80. The number of fused-ring (bicyclic) bond motifs is 1. The van der Waals surface area contributed by atoms with E-state index in [-0.39, 0.29) is 12.0 Å². The number of esters is 1. The van der Waals surface area contributed by atoms with E-state index < -0.39 is 0 Å². The standard InChI is InChI=1S/C15H17N3O2/c1-20-15(19)13-8-4-5-9-18(13)14-12-7-3-2-6-11(12)10-16-17-14/h2-3,6-7,10,13H,4-5,8-9H2,1H3. The lowest BCUT2D eigenvalue weighted by Gasteiger charge is -2.34.